The summed E-state index contributed by atoms with van der Waals surface area (Å²) in [5.41, 5.74) is 3.85. The van der Waals surface area contributed by atoms with Crippen LogP contribution in [0.4, 0.5) is 0 Å². The lowest BCUT2D eigenvalue weighted by Gasteiger charge is -2.17. The Bertz CT molecular complexity index is 410. The Morgan fingerprint density at radius 2 is 1.88 bits per heavy atom. The molecule has 2 nitrogen and oxygen atoms in total. The summed E-state index contributed by atoms with van der Waals surface area (Å²) in [6.07, 6.45) is 1.01. The maximum Gasteiger partial charge on any atom is 0.0437 e. The molecule has 3 atom stereocenters. The van der Waals surface area contributed by atoms with Crippen LogP contribution >= 0.6 is 0 Å². The first-order chi connectivity index (χ1) is 8.06. The van der Waals surface area contributed by atoms with E-state index in [-0.39, 0.29) is 6.04 Å². The highest BCUT2D eigenvalue weighted by Crippen LogP contribution is 2.21. The van der Waals surface area contributed by atoms with Gasteiger partial charge in [0, 0.05) is 27.8 Å². The summed E-state index contributed by atoms with van der Waals surface area (Å²) >= 11 is 0. The third-order valence-corrected chi connectivity index (χ3v) is 5.16. The molecular formula is C14H21NOS. The lowest BCUT2D eigenvalue weighted by atomic mass is 10.0. The molecular weight excluding hydrogens is 230 g/mol. The highest BCUT2D eigenvalue weighted by atomic mass is 32.2. The molecule has 0 radical (unpaired) electrons. The minimum atomic E-state index is -0.709. The minimum Gasteiger partial charge on any atom is -0.309 e. The number of benzene rings is 1. The molecule has 0 amide bonds. The minimum absolute atomic E-state index is 0.249. The Morgan fingerprint density at radius 1 is 1.24 bits per heavy atom. The van der Waals surface area contributed by atoms with Crippen molar-refractivity contribution in [2.75, 3.05) is 12.3 Å². The van der Waals surface area contributed by atoms with Crippen molar-refractivity contribution in [3.05, 3.63) is 34.9 Å². The van der Waals surface area contributed by atoms with Crippen LogP contribution in [0, 0.1) is 13.8 Å². The van der Waals surface area contributed by atoms with Crippen molar-refractivity contribution in [1.29, 1.82) is 0 Å². The topological polar surface area (TPSA) is 29.1 Å². The second-order valence-electron chi connectivity index (χ2n) is 5.07. The van der Waals surface area contributed by atoms with Gasteiger partial charge in [0.1, 0.15) is 0 Å². The molecule has 1 aromatic carbocycles. The molecule has 1 heterocycles. The van der Waals surface area contributed by atoms with E-state index in [2.05, 4.69) is 44.3 Å². The number of rotatable bonds is 1. The molecule has 1 N–H and O–H groups in total. The molecule has 2 rings (SSSR count). The SMILES string of the molecule is Cc1cc(C)cc(C2CS(=O)C(C)CCN2)c1. The fourth-order valence-corrected chi connectivity index (χ4v) is 3.75. The third kappa shape index (κ3) is 3.17. The Labute approximate surface area is 106 Å². The summed E-state index contributed by atoms with van der Waals surface area (Å²) in [4.78, 5) is 0. The van der Waals surface area contributed by atoms with Gasteiger partial charge in [-0.3, -0.25) is 4.21 Å². The van der Waals surface area contributed by atoms with Crippen LogP contribution < -0.4 is 5.32 Å². The predicted molar refractivity (Wildman–Crippen MR) is 73.7 cm³/mol. The van der Waals surface area contributed by atoms with Crippen molar-refractivity contribution in [1.82, 2.24) is 5.32 Å². The first-order valence-electron chi connectivity index (χ1n) is 6.25. The van der Waals surface area contributed by atoms with Crippen molar-refractivity contribution in [3.8, 4) is 0 Å². The molecule has 94 valence electrons. The van der Waals surface area contributed by atoms with Crippen LogP contribution in [0.1, 0.15) is 36.1 Å². The van der Waals surface area contributed by atoms with Crippen LogP contribution in [0.5, 0.6) is 0 Å². The van der Waals surface area contributed by atoms with Gasteiger partial charge in [0.05, 0.1) is 0 Å². The molecule has 17 heavy (non-hydrogen) atoms. The quantitative estimate of drug-likeness (QED) is 0.831. The molecule has 0 aliphatic carbocycles. The van der Waals surface area contributed by atoms with Gasteiger partial charge in [-0.05, 0) is 32.4 Å². The van der Waals surface area contributed by atoms with Gasteiger partial charge in [0.2, 0.25) is 0 Å². The first-order valence-corrected chi connectivity index (χ1v) is 7.63. The van der Waals surface area contributed by atoms with Crippen molar-refractivity contribution in [2.45, 2.75) is 38.5 Å². The molecule has 1 saturated heterocycles. The molecule has 1 aliphatic heterocycles. The Balaban J connectivity index is 2.23. The van der Waals surface area contributed by atoms with E-state index in [1.165, 1.54) is 16.7 Å². The second kappa shape index (κ2) is 5.32. The van der Waals surface area contributed by atoms with E-state index in [0.717, 1.165) is 18.7 Å². The number of hydrogen-bond acceptors (Lipinski definition) is 2. The standard InChI is InChI=1S/C14H21NOS/c1-10-6-11(2)8-13(7-10)14-9-17(16)12(3)4-5-15-14/h6-8,12,14-15H,4-5,9H2,1-3H3. The van der Waals surface area contributed by atoms with Gasteiger partial charge in [-0.1, -0.05) is 36.2 Å². The van der Waals surface area contributed by atoms with Gasteiger partial charge < -0.3 is 5.32 Å². The summed E-state index contributed by atoms with van der Waals surface area (Å²) in [6.45, 7) is 7.28. The van der Waals surface area contributed by atoms with Gasteiger partial charge in [0.15, 0.2) is 0 Å². The van der Waals surface area contributed by atoms with Gasteiger partial charge in [-0.15, -0.1) is 0 Å². The van der Waals surface area contributed by atoms with E-state index in [4.69, 9.17) is 0 Å². The first kappa shape index (κ1) is 12.8. The average molecular weight is 251 g/mol. The molecule has 0 saturated carbocycles. The van der Waals surface area contributed by atoms with Crippen LogP contribution in [-0.2, 0) is 10.8 Å². The van der Waals surface area contributed by atoms with Crippen molar-refractivity contribution in [2.24, 2.45) is 0 Å². The van der Waals surface area contributed by atoms with E-state index in [0.29, 0.717) is 5.25 Å². The highest BCUT2D eigenvalue weighted by Gasteiger charge is 2.22. The zero-order valence-electron chi connectivity index (χ0n) is 10.8. The fourth-order valence-electron chi connectivity index (χ4n) is 2.40. The van der Waals surface area contributed by atoms with Gasteiger partial charge in [-0.2, -0.15) is 0 Å². The Hall–Kier alpha value is -0.670. The van der Waals surface area contributed by atoms with E-state index in [1.54, 1.807) is 0 Å². The van der Waals surface area contributed by atoms with E-state index in [9.17, 15) is 4.21 Å². The van der Waals surface area contributed by atoms with Gasteiger partial charge in [-0.25, -0.2) is 0 Å². The summed E-state index contributed by atoms with van der Waals surface area (Å²) in [5, 5.41) is 3.84. The van der Waals surface area contributed by atoms with E-state index < -0.39 is 10.8 Å². The van der Waals surface area contributed by atoms with Crippen molar-refractivity contribution < 1.29 is 4.21 Å². The summed E-state index contributed by atoms with van der Waals surface area (Å²) in [5.74, 6) is 0.740. The summed E-state index contributed by atoms with van der Waals surface area (Å²) in [7, 11) is -0.709. The monoisotopic (exact) mass is 251 g/mol. The van der Waals surface area contributed by atoms with Crippen LogP contribution in [0.15, 0.2) is 18.2 Å². The molecule has 1 aliphatic rings. The zero-order chi connectivity index (χ0) is 12.4. The second-order valence-corrected chi connectivity index (χ2v) is 6.97. The zero-order valence-corrected chi connectivity index (χ0v) is 11.6. The number of hydrogen-bond donors (Lipinski definition) is 1. The molecule has 0 bridgehead atoms. The third-order valence-electron chi connectivity index (χ3n) is 3.37. The molecule has 1 fully saturated rings. The molecule has 1 aromatic rings. The summed E-state index contributed by atoms with van der Waals surface area (Å²) in [6, 6.07) is 6.84. The lowest BCUT2D eigenvalue weighted by molar-refractivity contribution is 0.578. The van der Waals surface area contributed by atoms with Crippen molar-refractivity contribution in [3.63, 3.8) is 0 Å². The smallest absolute Gasteiger partial charge is 0.0437 e. The largest absolute Gasteiger partial charge is 0.309 e. The molecule has 3 heteroatoms. The van der Waals surface area contributed by atoms with Crippen LogP contribution in [0.3, 0.4) is 0 Å². The lowest BCUT2D eigenvalue weighted by Crippen LogP contribution is -2.24. The maximum atomic E-state index is 12.0. The average Bonchev–Trinajstić information content (AvgIpc) is 2.40. The fraction of sp³-hybridized carbons (Fsp3) is 0.571. The predicted octanol–water partition coefficient (Wildman–Crippen LogP) is 2.48. The Morgan fingerprint density at radius 3 is 2.53 bits per heavy atom. The Kier molecular flexibility index (Phi) is 4.00. The number of aryl methyl sites for hydroxylation is 2. The normalized spacial score (nSPS) is 29.9. The van der Waals surface area contributed by atoms with Crippen LogP contribution in [0.2, 0.25) is 0 Å². The van der Waals surface area contributed by atoms with E-state index >= 15 is 0 Å². The van der Waals surface area contributed by atoms with Crippen LogP contribution in [-0.4, -0.2) is 21.8 Å². The molecule has 0 spiro atoms. The van der Waals surface area contributed by atoms with Gasteiger partial charge in [0.25, 0.3) is 0 Å². The molecule has 0 aromatic heterocycles. The van der Waals surface area contributed by atoms with E-state index in [1.807, 2.05) is 0 Å². The molecule has 3 unspecified atom stereocenters. The summed E-state index contributed by atoms with van der Waals surface area (Å²) < 4.78 is 12.0. The maximum absolute atomic E-state index is 12.0. The number of nitrogens with one attached hydrogen (secondary N) is 1. The van der Waals surface area contributed by atoms with Gasteiger partial charge >= 0.3 is 0 Å². The van der Waals surface area contributed by atoms with Crippen molar-refractivity contribution >= 4 is 10.8 Å². The van der Waals surface area contributed by atoms with Crippen LogP contribution in [0.25, 0.3) is 0 Å². The highest BCUT2D eigenvalue weighted by molar-refractivity contribution is 7.85.